The number of pyridine rings is 1. The molecule has 0 saturated heterocycles. The van der Waals surface area contributed by atoms with E-state index < -0.39 is 0 Å². The van der Waals surface area contributed by atoms with E-state index in [4.69, 9.17) is 11.6 Å². The van der Waals surface area contributed by atoms with Crippen LogP contribution in [0.4, 0.5) is 0 Å². The molecular formula is C16H21ClN2. The largest absolute Gasteiger partial charge is 0.313 e. The van der Waals surface area contributed by atoms with E-state index >= 15 is 0 Å². The average molecular weight is 277 g/mol. The molecule has 1 N–H and O–H groups in total. The first-order valence-electron chi connectivity index (χ1n) is 7.01. The van der Waals surface area contributed by atoms with Crippen LogP contribution in [0, 0.1) is 0 Å². The Bertz CT molecular complexity index is 494. The zero-order valence-electron chi connectivity index (χ0n) is 11.2. The van der Waals surface area contributed by atoms with Crippen LogP contribution < -0.4 is 5.32 Å². The third kappa shape index (κ3) is 4.48. The van der Waals surface area contributed by atoms with Gasteiger partial charge in [0.1, 0.15) is 0 Å². The van der Waals surface area contributed by atoms with Crippen LogP contribution in [0.2, 0.25) is 0 Å². The lowest BCUT2D eigenvalue weighted by Gasteiger charge is -2.07. The molecule has 0 fully saturated rings. The highest BCUT2D eigenvalue weighted by Gasteiger charge is 2.00. The SMILES string of the molecule is ClCCCCCCNCc1cccc2cccnc12. The van der Waals surface area contributed by atoms with Crippen LogP contribution in [-0.4, -0.2) is 17.4 Å². The second-order valence-corrected chi connectivity index (χ2v) is 5.15. The first-order chi connectivity index (χ1) is 9.42. The minimum Gasteiger partial charge on any atom is -0.313 e. The van der Waals surface area contributed by atoms with Crippen molar-refractivity contribution in [3.8, 4) is 0 Å². The summed E-state index contributed by atoms with van der Waals surface area (Å²) in [4.78, 5) is 4.47. The zero-order chi connectivity index (χ0) is 13.3. The van der Waals surface area contributed by atoms with Crippen molar-refractivity contribution in [2.45, 2.75) is 32.2 Å². The number of hydrogen-bond donors (Lipinski definition) is 1. The minimum atomic E-state index is 0.787. The third-order valence-corrected chi connectivity index (χ3v) is 3.54. The summed E-state index contributed by atoms with van der Waals surface area (Å²) in [6, 6.07) is 10.4. The van der Waals surface area contributed by atoms with Gasteiger partial charge in [-0.25, -0.2) is 0 Å². The molecule has 2 rings (SSSR count). The highest BCUT2D eigenvalue weighted by atomic mass is 35.5. The zero-order valence-corrected chi connectivity index (χ0v) is 12.0. The summed E-state index contributed by atoms with van der Waals surface area (Å²) in [6.07, 6.45) is 6.70. The van der Waals surface area contributed by atoms with Crippen LogP contribution in [0.3, 0.4) is 0 Å². The lowest BCUT2D eigenvalue weighted by molar-refractivity contribution is 0.600. The Labute approximate surface area is 120 Å². The van der Waals surface area contributed by atoms with E-state index in [0.717, 1.165) is 30.9 Å². The highest BCUT2D eigenvalue weighted by Crippen LogP contribution is 2.15. The summed E-state index contributed by atoms with van der Waals surface area (Å²) >= 11 is 5.65. The van der Waals surface area contributed by atoms with Gasteiger partial charge in [0.2, 0.25) is 0 Å². The van der Waals surface area contributed by atoms with Crippen molar-refractivity contribution in [2.75, 3.05) is 12.4 Å². The summed E-state index contributed by atoms with van der Waals surface area (Å²) in [5, 5.41) is 4.71. The second-order valence-electron chi connectivity index (χ2n) is 4.77. The summed E-state index contributed by atoms with van der Waals surface area (Å²) in [5.74, 6) is 0.787. The summed E-state index contributed by atoms with van der Waals surface area (Å²) < 4.78 is 0. The maximum absolute atomic E-state index is 5.65. The molecule has 0 aliphatic heterocycles. The first-order valence-corrected chi connectivity index (χ1v) is 7.54. The number of fused-ring (bicyclic) bond motifs is 1. The van der Waals surface area contributed by atoms with Crippen LogP contribution in [0.15, 0.2) is 36.5 Å². The van der Waals surface area contributed by atoms with Gasteiger partial charge in [-0.15, -0.1) is 11.6 Å². The van der Waals surface area contributed by atoms with E-state index in [1.165, 1.54) is 30.2 Å². The molecule has 2 aromatic rings. The molecule has 0 radical (unpaired) electrons. The molecule has 1 aromatic heterocycles. The monoisotopic (exact) mass is 276 g/mol. The molecular weight excluding hydrogens is 256 g/mol. The fourth-order valence-corrected chi connectivity index (χ4v) is 2.42. The Hall–Kier alpha value is -1.12. The lowest BCUT2D eigenvalue weighted by atomic mass is 10.1. The first kappa shape index (κ1) is 14.3. The Balaban J connectivity index is 1.78. The van der Waals surface area contributed by atoms with Gasteiger partial charge < -0.3 is 5.32 Å². The van der Waals surface area contributed by atoms with E-state index in [9.17, 15) is 0 Å². The van der Waals surface area contributed by atoms with E-state index in [-0.39, 0.29) is 0 Å². The number of unbranched alkanes of at least 4 members (excludes halogenated alkanes) is 3. The van der Waals surface area contributed by atoms with Crippen LogP contribution >= 0.6 is 11.6 Å². The van der Waals surface area contributed by atoms with Crippen molar-refractivity contribution in [3.05, 3.63) is 42.1 Å². The van der Waals surface area contributed by atoms with E-state index in [0.29, 0.717) is 0 Å². The maximum atomic E-state index is 5.65. The average Bonchev–Trinajstić information content (AvgIpc) is 2.46. The van der Waals surface area contributed by atoms with Gasteiger partial charge in [-0.3, -0.25) is 4.98 Å². The molecule has 1 heterocycles. The number of benzene rings is 1. The minimum absolute atomic E-state index is 0.787. The number of nitrogens with zero attached hydrogens (tertiary/aromatic N) is 1. The van der Waals surface area contributed by atoms with Gasteiger partial charge in [0.25, 0.3) is 0 Å². The van der Waals surface area contributed by atoms with Gasteiger partial charge in [-0.05, 0) is 31.0 Å². The predicted molar refractivity (Wildman–Crippen MR) is 82.6 cm³/mol. The van der Waals surface area contributed by atoms with Crippen LogP contribution in [-0.2, 0) is 6.54 Å². The number of aromatic nitrogens is 1. The quantitative estimate of drug-likeness (QED) is 0.579. The topological polar surface area (TPSA) is 24.9 Å². The molecule has 0 aliphatic rings. The van der Waals surface area contributed by atoms with Crippen molar-refractivity contribution in [3.63, 3.8) is 0 Å². The summed E-state index contributed by atoms with van der Waals surface area (Å²) in [5.41, 5.74) is 2.39. The normalized spacial score (nSPS) is 11.0. The number of alkyl halides is 1. The molecule has 1 aromatic carbocycles. The predicted octanol–water partition coefficient (Wildman–Crippen LogP) is 4.12. The molecule has 0 aliphatic carbocycles. The van der Waals surface area contributed by atoms with E-state index in [1.54, 1.807) is 0 Å². The maximum Gasteiger partial charge on any atom is 0.0746 e. The molecule has 0 atom stereocenters. The summed E-state index contributed by atoms with van der Waals surface area (Å²) in [6.45, 7) is 1.95. The Morgan fingerprint density at radius 2 is 1.84 bits per heavy atom. The number of nitrogens with one attached hydrogen (secondary N) is 1. The van der Waals surface area contributed by atoms with Gasteiger partial charge in [0.15, 0.2) is 0 Å². The molecule has 2 nitrogen and oxygen atoms in total. The third-order valence-electron chi connectivity index (χ3n) is 3.27. The molecule has 0 unspecified atom stereocenters. The van der Waals surface area contributed by atoms with E-state index in [1.807, 2.05) is 12.3 Å². The molecule has 0 amide bonds. The van der Waals surface area contributed by atoms with Gasteiger partial charge >= 0.3 is 0 Å². The van der Waals surface area contributed by atoms with E-state index in [2.05, 4.69) is 34.6 Å². The van der Waals surface area contributed by atoms with Gasteiger partial charge in [-0.1, -0.05) is 37.1 Å². The van der Waals surface area contributed by atoms with Crippen LogP contribution in [0.25, 0.3) is 10.9 Å². The number of para-hydroxylation sites is 1. The fraction of sp³-hybridized carbons (Fsp3) is 0.438. The van der Waals surface area contributed by atoms with Crippen LogP contribution in [0.5, 0.6) is 0 Å². The second kappa shape index (κ2) is 8.13. The molecule has 0 spiro atoms. The van der Waals surface area contributed by atoms with Crippen molar-refractivity contribution < 1.29 is 0 Å². The number of halogens is 1. The highest BCUT2D eigenvalue weighted by molar-refractivity contribution is 6.17. The summed E-state index contributed by atoms with van der Waals surface area (Å²) in [7, 11) is 0. The standard InChI is InChI=1S/C16H21ClN2/c17-10-3-1-2-4-11-18-13-15-8-5-7-14-9-6-12-19-16(14)15/h5-9,12,18H,1-4,10-11,13H2. The van der Waals surface area contributed by atoms with Crippen molar-refractivity contribution in [1.29, 1.82) is 0 Å². The fourth-order valence-electron chi connectivity index (χ4n) is 2.23. The smallest absolute Gasteiger partial charge is 0.0746 e. The van der Waals surface area contributed by atoms with Crippen molar-refractivity contribution in [2.24, 2.45) is 0 Å². The molecule has 0 saturated carbocycles. The molecule has 0 bridgehead atoms. The number of hydrogen-bond acceptors (Lipinski definition) is 2. The van der Waals surface area contributed by atoms with Crippen molar-refractivity contribution in [1.82, 2.24) is 10.3 Å². The Kier molecular flexibility index (Phi) is 6.12. The number of rotatable bonds is 8. The Morgan fingerprint density at radius 3 is 2.74 bits per heavy atom. The Morgan fingerprint density at radius 1 is 1.00 bits per heavy atom. The lowest BCUT2D eigenvalue weighted by Crippen LogP contribution is -2.15. The molecule has 3 heteroatoms. The molecule has 19 heavy (non-hydrogen) atoms. The van der Waals surface area contributed by atoms with Crippen LogP contribution in [0.1, 0.15) is 31.2 Å². The van der Waals surface area contributed by atoms with Gasteiger partial charge in [0, 0.05) is 24.0 Å². The van der Waals surface area contributed by atoms with Gasteiger partial charge in [0.05, 0.1) is 5.52 Å². The van der Waals surface area contributed by atoms with Gasteiger partial charge in [-0.2, -0.15) is 0 Å². The molecule has 102 valence electrons. The van der Waals surface area contributed by atoms with Crippen molar-refractivity contribution >= 4 is 22.5 Å².